The topological polar surface area (TPSA) is 84.7 Å². The minimum Gasteiger partial charge on any atom is -0.480 e. The van der Waals surface area contributed by atoms with Gasteiger partial charge < -0.3 is 19.3 Å². The Morgan fingerprint density at radius 1 is 1.35 bits per heavy atom. The second-order valence-corrected chi connectivity index (χ2v) is 5.67. The minimum atomic E-state index is -1.08. The van der Waals surface area contributed by atoms with Crippen LogP contribution in [0.2, 0.25) is 0 Å². The normalized spacial score (nSPS) is 10.5. The van der Waals surface area contributed by atoms with Crippen molar-refractivity contribution in [3.05, 3.63) is 47.0 Å². The largest absolute Gasteiger partial charge is 0.480 e. The summed E-state index contributed by atoms with van der Waals surface area (Å²) < 4.78 is 7.56. The van der Waals surface area contributed by atoms with Crippen LogP contribution in [-0.2, 0) is 9.53 Å². The summed E-state index contributed by atoms with van der Waals surface area (Å²) in [7, 11) is 1.49. The Kier molecular flexibility index (Phi) is 5.89. The molecule has 7 nitrogen and oxygen atoms in total. The summed E-state index contributed by atoms with van der Waals surface area (Å²) in [5.41, 5.74) is 1.03. The third-order valence-electron chi connectivity index (χ3n) is 3.11. The van der Waals surface area contributed by atoms with E-state index in [1.165, 1.54) is 18.3 Å². The molecule has 2 aromatic rings. The number of carboxylic acids is 1. The van der Waals surface area contributed by atoms with Gasteiger partial charge in [-0.3, -0.25) is 9.59 Å². The summed E-state index contributed by atoms with van der Waals surface area (Å²) >= 11 is 3.36. The fourth-order valence-corrected chi connectivity index (χ4v) is 2.23. The number of amides is 1. The van der Waals surface area contributed by atoms with Crippen molar-refractivity contribution < 1.29 is 19.4 Å². The van der Waals surface area contributed by atoms with E-state index in [1.807, 2.05) is 24.3 Å². The highest BCUT2D eigenvalue weighted by Gasteiger charge is 2.20. The highest BCUT2D eigenvalue weighted by molar-refractivity contribution is 9.10. The average Bonchev–Trinajstić information content (AvgIpc) is 3.01. The van der Waals surface area contributed by atoms with E-state index in [1.54, 1.807) is 10.8 Å². The summed E-state index contributed by atoms with van der Waals surface area (Å²) in [5, 5.41) is 8.92. The number of imidazole rings is 1. The molecule has 1 aromatic heterocycles. The van der Waals surface area contributed by atoms with Gasteiger partial charge in [-0.05, 0) is 24.3 Å². The molecule has 0 saturated heterocycles. The lowest BCUT2D eigenvalue weighted by Crippen LogP contribution is -2.38. The summed E-state index contributed by atoms with van der Waals surface area (Å²) in [5.74, 6) is -1.53. The van der Waals surface area contributed by atoms with Crippen molar-refractivity contribution in [3.8, 4) is 5.69 Å². The molecule has 0 aliphatic rings. The Labute approximate surface area is 141 Å². The molecule has 0 spiro atoms. The maximum absolute atomic E-state index is 12.4. The highest BCUT2D eigenvalue weighted by Crippen LogP contribution is 2.15. The molecule has 122 valence electrons. The van der Waals surface area contributed by atoms with Gasteiger partial charge in [-0.25, -0.2) is 4.98 Å². The van der Waals surface area contributed by atoms with Crippen LogP contribution in [0.4, 0.5) is 0 Å². The Morgan fingerprint density at radius 3 is 2.65 bits per heavy atom. The third kappa shape index (κ3) is 4.64. The van der Waals surface area contributed by atoms with Crippen LogP contribution in [0.15, 0.2) is 41.3 Å². The average molecular weight is 382 g/mol. The van der Waals surface area contributed by atoms with E-state index in [0.717, 1.165) is 10.2 Å². The lowest BCUT2D eigenvalue weighted by Gasteiger charge is -2.18. The summed E-state index contributed by atoms with van der Waals surface area (Å²) in [6.07, 6.45) is 3.10. The number of ether oxygens (including phenoxy) is 1. The number of hydrogen-bond acceptors (Lipinski definition) is 4. The number of rotatable bonds is 7. The molecule has 0 fully saturated rings. The Morgan fingerprint density at radius 2 is 2.04 bits per heavy atom. The van der Waals surface area contributed by atoms with E-state index in [4.69, 9.17) is 9.84 Å². The van der Waals surface area contributed by atoms with Crippen LogP contribution in [0.3, 0.4) is 0 Å². The first-order valence-electron chi connectivity index (χ1n) is 6.81. The Hall–Kier alpha value is -2.19. The first-order chi connectivity index (χ1) is 11.0. The summed E-state index contributed by atoms with van der Waals surface area (Å²) in [6, 6.07) is 7.51. The van der Waals surface area contributed by atoms with E-state index >= 15 is 0 Å². The van der Waals surface area contributed by atoms with Crippen molar-refractivity contribution in [2.24, 2.45) is 0 Å². The van der Waals surface area contributed by atoms with E-state index in [0.29, 0.717) is 0 Å². The number of methoxy groups -OCH3 is 1. The van der Waals surface area contributed by atoms with Gasteiger partial charge >= 0.3 is 5.97 Å². The minimum absolute atomic E-state index is 0.185. The number of hydrogen-bond donors (Lipinski definition) is 1. The van der Waals surface area contributed by atoms with Gasteiger partial charge in [0, 0.05) is 30.0 Å². The van der Waals surface area contributed by atoms with Crippen LogP contribution in [0, 0.1) is 0 Å². The molecule has 0 bridgehead atoms. The smallest absolute Gasteiger partial charge is 0.323 e. The second kappa shape index (κ2) is 7.89. The van der Waals surface area contributed by atoms with Crippen LogP contribution in [0.5, 0.6) is 0 Å². The molecule has 0 aliphatic carbocycles. The molecular weight excluding hydrogens is 366 g/mol. The molecule has 8 heteroatoms. The quantitative estimate of drug-likeness (QED) is 0.790. The van der Waals surface area contributed by atoms with Crippen LogP contribution in [0.25, 0.3) is 5.69 Å². The monoisotopic (exact) mass is 381 g/mol. The number of carbonyl (C=O) groups excluding carboxylic acids is 1. The molecule has 2 rings (SSSR count). The van der Waals surface area contributed by atoms with Crippen LogP contribution >= 0.6 is 15.9 Å². The molecule has 1 heterocycles. The lowest BCUT2D eigenvalue weighted by molar-refractivity contribution is -0.137. The zero-order valence-corrected chi connectivity index (χ0v) is 14.1. The molecule has 23 heavy (non-hydrogen) atoms. The van der Waals surface area contributed by atoms with Gasteiger partial charge in [0.1, 0.15) is 18.6 Å². The fraction of sp³-hybridized carbons (Fsp3) is 0.267. The zero-order valence-electron chi connectivity index (χ0n) is 12.5. The van der Waals surface area contributed by atoms with Crippen molar-refractivity contribution in [2.45, 2.75) is 0 Å². The van der Waals surface area contributed by atoms with Gasteiger partial charge in [0.15, 0.2) is 0 Å². The van der Waals surface area contributed by atoms with Crippen LogP contribution in [-0.4, -0.2) is 58.2 Å². The standard InChI is InChI=1S/C15H16BrN3O4/c1-23-7-6-18(9-14(20)21)15(22)13-8-19(10-17-13)12-4-2-11(16)3-5-12/h2-5,8,10H,6-7,9H2,1H3,(H,20,21). The van der Waals surface area contributed by atoms with Gasteiger partial charge in [0.25, 0.3) is 5.91 Å². The van der Waals surface area contributed by atoms with Crippen LogP contribution in [0.1, 0.15) is 10.5 Å². The van der Waals surface area contributed by atoms with Crippen molar-refractivity contribution in [3.63, 3.8) is 0 Å². The molecule has 0 radical (unpaired) electrons. The Bertz CT molecular complexity index is 684. The summed E-state index contributed by atoms with van der Waals surface area (Å²) in [4.78, 5) is 28.6. The molecule has 0 aliphatic heterocycles. The van der Waals surface area contributed by atoms with E-state index < -0.39 is 18.4 Å². The number of aliphatic carboxylic acids is 1. The van der Waals surface area contributed by atoms with Gasteiger partial charge in [0.2, 0.25) is 0 Å². The van der Waals surface area contributed by atoms with Crippen molar-refractivity contribution in [1.29, 1.82) is 0 Å². The maximum Gasteiger partial charge on any atom is 0.323 e. The lowest BCUT2D eigenvalue weighted by atomic mass is 10.3. The molecule has 1 aromatic carbocycles. The molecular formula is C15H16BrN3O4. The number of nitrogens with zero attached hydrogens (tertiary/aromatic N) is 3. The van der Waals surface area contributed by atoms with E-state index in [9.17, 15) is 9.59 Å². The second-order valence-electron chi connectivity index (χ2n) is 4.76. The first kappa shape index (κ1) is 17.2. The molecule has 0 unspecified atom stereocenters. The van der Waals surface area contributed by atoms with Crippen molar-refractivity contribution in [2.75, 3.05) is 26.8 Å². The van der Waals surface area contributed by atoms with Crippen molar-refractivity contribution in [1.82, 2.24) is 14.5 Å². The summed E-state index contributed by atoms with van der Waals surface area (Å²) in [6.45, 7) is 0.0482. The molecule has 1 N–H and O–H groups in total. The van der Waals surface area contributed by atoms with Crippen molar-refractivity contribution >= 4 is 27.8 Å². The number of benzene rings is 1. The fourth-order valence-electron chi connectivity index (χ4n) is 1.97. The zero-order chi connectivity index (χ0) is 16.8. The van der Waals surface area contributed by atoms with Crippen LogP contribution < -0.4 is 0 Å². The van der Waals surface area contributed by atoms with Gasteiger partial charge in [-0.1, -0.05) is 15.9 Å². The van der Waals surface area contributed by atoms with E-state index in [-0.39, 0.29) is 18.8 Å². The number of carboxylic acid groups (broad SMARTS) is 1. The van der Waals surface area contributed by atoms with Gasteiger partial charge in [-0.15, -0.1) is 0 Å². The molecule has 1 amide bonds. The predicted molar refractivity (Wildman–Crippen MR) is 86.7 cm³/mol. The number of halogens is 1. The molecule has 0 atom stereocenters. The van der Waals surface area contributed by atoms with Gasteiger partial charge in [0.05, 0.1) is 6.61 Å². The number of carbonyl (C=O) groups is 2. The third-order valence-corrected chi connectivity index (χ3v) is 3.63. The first-order valence-corrected chi connectivity index (χ1v) is 7.60. The van der Waals surface area contributed by atoms with E-state index in [2.05, 4.69) is 20.9 Å². The SMILES string of the molecule is COCCN(CC(=O)O)C(=O)c1cn(-c2ccc(Br)cc2)cn1. The van der Waals surface area contributed by atoms with Gasteiger partial charge in [-0.2, -0.15) is 0 Å². The Balaban J connectivity index is 2.17. The molecule has 0 saturated carbocycles. The highest BCUT2D eigenvalue weighted by atomic mass is 79.9. The maximum atomic E-state index is 12.4. The predicted octanol–water partition coefficient (Wildman–Crippen LogP) is 1.81. The number of aromatic nitrogens is 2.